The molecule has 1 amide bonds. The summed E-state index contributed by atoms with van der Waals surface area (Å²) in [7, 11) is -3.69. The molecular weight excluding hydrogens is 389 g/mol. The minimum atomic E-state index is -3.69. The van der Waals surface area contributed by atoms with Crippen LogP contribution in [0.2, 0.25) is 0 Å². The second-order valence-electron chi connectivity index (χ2n) is 6.91. The molecule has 0 unspecified atom stereocenters. The molecule has 9 heteroatoms. The molecule has 2 aromatic rings. The Hall–Kier alpha value is -1.84. The predicted octanol–water partition coefficient (Wildman–Crippen LogP) is 2.81. The van der Waals surface area contributed by atoms with E-state index in [-0.39, 0.29) is 23.9 Å². The molecule has 1 aromatic heterocycles. The number of sulfonamides is 1. The maximum atomic E-state index is 13.0. The number of anilines is 1. The molecule has 1 saturated heterocycles. The summed E-state index contributed by atoms with van der Waals surface area (Å²) in [5, 5.41) is 3.44. The van der Waals surface area contributed by atoms with E-state index in [9.17, 15) is 17.6 Å². The zero-order valence-corrected chi connectivity index (χ0v) is 16.3. The molecule has 0 atom stereocenters. The quantitative estimate of drug-likeness (QED) is 0.788. The standard InChI is InChI=1S/C18H20FN3O3S2/c19-13-6-8-14(9-7-13)27(24,25)22-10-12(11-22)17(23)21-18-20-15-4-2-1-3-5-16(15)26-18/h6-9,12H,1-5,10-11H2,(H,20,21,23). The van der Waals surface area contributed by atoms with Gasteiger partial charge in [-0.15, -0.1) is 11.3 Å². The van der Waals surface area contributed by atoms with Crippen molar-refractivity contribution < 1.29 is 17.6 Å². The fourth-order valence-electron chi connectivity index (χ4n) is 3.35. The van der Waals surface area contributed by atoms with Crippen molar-refractivity contribution in [2.24, 2.45) is 5.92 Å². The van der Waals surface area contributed by atoms with Crippen LogP contribution in [0.15, 0.2) is 29.2 Å². The van der Waals surface area contributed by atoms with E-state index in [1.165, 1.54) is 39.1 Å². The molecule has 144 valence electrons. The third-order valence-electron chi connectivity index (χ3n) is 5.00. The van der Waals surface area contributed by atoms with Crippen molar-refractivity contribution in [3.8, 4) is 0 Å². The molecule has 1 aliphatic heterocycles. The number of amides is 1. The van der Waals surface area contributed by atoms with Gasteiger partial charge in [-0.2, -0.15) is 4.31 Å². The largest absolute Gasteiger partial charge is 0.302 e. The Balaban J connectivity index is 1.36. The molecule has 1 aliphatic carbocycles. The van der Waals surface area contributed by atoms with Crippen molar-refractivity contribution in [2.45, 2.75) is 37.0 Å². The van der Waals surface area contributed by atoms with E-state index in [0.717, 1.165) is 43.5 Å². The topological polar surface area (TPSA) is 79.4 Å². The van der Waals surface area contributed by atoms with Crippen molar-refractivity contribution in [3.05, 3.63) is 40.7 Å². The van der Waals surface area contributed by atoms with Crippen LogP contribution in [0, 0.1) is 11.7 Å². The minimum absolute atomic E-state index is 0.0337. The number of aromatic nitrogens is 1. The van der Waals surface area contributed by atoms with Gasteiger partial charge < -0.3 is 5.32 Å². The highest BCUT2D eigenvalue weighted by Gasteiger charge is 2.40. The van der Waals surface area contributed by atoms with Gasteiger partial charge in [-0.25, -0.2) is 17.8 Å². The van der Waals surface area contributed by atoms with Gasteiger partial charge in [0, 0.05) is 18.0 Å². The summed E-state index contributed by atoms with van der Waals surface area (Å²) in [6.07, 6.45) is 5.46. The number of carbonyl (C=O) groups excluding carboxylic acids is 1. The van der Waals surface area contributed by atoms with Crippen molar-refractivity contribution in [1.29, 1.82) is 0 Å². The molecule has 2 aliphatic rings. The normalized spacial score (nSPS) is 18.4. The summed E-state index contributed by atoms with van der Waals surface area (Å²) in [5.41, 5.74) is 1.09. The van der Waals surface area contributed by atoms with Crippen LogP contribution >= 0.6 is 11.3 Å². The third-order valence-corrected chi connectivity index (χ3v) is 7.91. The van der Waals surface area contributed by atoms with E-state index in [1.54, 1.807) is 0 Å². The number of carbonyl (C=O) groups is 1. The van der Waals surface area contributed by atoms with E-state index in [0.29, 0.717) is 5.13 Å². The van der Waals surface area contributed by atoms with Crippen molar-refractivity contribution >= 4 is 32.4 Å². The highest BCUT2D eigenvalue weighted by atomic mass is 32.2. The van der Waals surface area contributed by atoms with Crippen LogP contribution in [0.5, 0.6) is 0 Å². The first-order valence-corrected chi connectivity index (χ1v) is 11.2. The van der Waals surface area contributed by atoms with Crippen molar-refractivity contribution in [2.75, 3.05) is 18.4 Å². The Kier molecular flexibility index (Phi) is 5.00. The number of rotatable bonds is 4. The van der Waals surface area contributed by atoms with Gasteiger partial charge in [0.25, 0.3) is 0 Å². The van der Waals surface area contributed by atoms with Gasteiger partial charge in [0.15, 0.2) is 5.13 Å². The first kappa shape index (κ1) is 18.5. The monoisotopic (exact) mass is 409 g/mol. The van der Waals surface area contributed by atoms with Crippen LogP contribution in [-0.2, 0) is 27.7 Å². The van der Waals surface area contributed by atoms with E-state index in [2.05, 4.69) is 10.3 Å². The maximum Gasteiger partial charge on any atom is 0.243 e. The summed E-state index contributed by atoms with van der Waals surface area (Å²) in [6, 6.07) is 4.70. The Morgan fingerprint density at radius 1 is 1.15 bits per heavy atom. The Morgan fingerprint density at radius 3 is 2.59 bits per heavy atom. The number of nitrogens with zero attached hydrogens (tertiary/aromatic N) is 2. The lowest BCUT2D eigenvalue weighted by atomic mass is 10.0. The summed E-state index contributed by atoms with van der Waals surface area (Å²) in [5.74, 6) is -1.09. The molecule has 0 bridgehead atoms. The van der Waals surface area contributed by atoms with Crippen LogP contribution < -0.4 is 5.32 Å². The molecule has 1 aromatic carbocycles. The lowest BCUT2D eigenvalue weighted by Gasteiger charge is -2.36. The minimum Gasteiger partial charge on any atom is -0.302 e. The summed E-state index contributed by atoms with van der Waals surface area (Å²) in [6.45, 7) is 0.243. The van der Waals surface area contributed by atoms with Gasteiger partial charge in [0.05, 0.1) is 16.5 Å². The molecule has 27 heavy (non-hydrogen) atoms. The number of benzene rings is 1. The number of fused-ring (bicyclic) bond motifs is 1. The summed E-state index contributed by atoms with van der Waals surface area (Å²) in [4.78, 5) is 18.2. The smallest absolute Gasteiger partial charge is 0.243 e. The highest BCUT2D eigenvalue weighted by molar-refractivity contribution is 7.89. The molecule has 0 saturated carbocycles. The average molecular weight is 410 g/mol. The number of halogens is 1. The van der Waals surface area contributed by atoms with Crippen LogP contribution in [0.4, 0.5) is 9.52 Å². The number of thiazole rings is 1. The predicted molar refractivity (Wildman–Crippen MR) is 101 cm³/mol. The summed E-state index contributed by atoms with van der Waals surface area (Å²) >= 11 is 1.52. The van der Waals surface area contributed by atoms with Crippen molar-refractivity contribution in [1.82, 2.24) is 9.29 Å². The van der Waals surface area contributed by atoms with Crippen LogP contribution in [-0.4, -0.2) is 36.7 Å². The zero-order chi connectivity index (χ0) is 19.0. The van der Waals surface area contributed by atoms with Gasteiger partial charge in [-0.05, 0) is 49.9 Å². The van der Waals surface area contributed by atoms with Gasteiger partial charge >= 0.3 is 0 Å². The number of hydrogen-bond acceptors (Lipinski definition) is 5. The van der Waals surface area contributed by atoms with E-state index in [1.807, 2.05) is 0 Å². The lowest BCUT2D eigenvalue weighted by molar-refractivity contribution is -0.122. The molecule has 1 fully saturated rings. The van der Waals surface area contributed by atoms with Gasteiger partial charge in [-0.3, -0.25) is 4.79 Å². The van der Waals surface area contributed by atoms with Crippen LogP contribution in [0.3, 0.4) is 0 Å². The van der Waals surface area contributed by atoms with Gasteiger partial charge in [-0.1, -0.05) is 6.42 Å². The Labute approximate surface area is 161 Å². The molecule has 2 heterocycles. The van der Waals surface area contributed by atoms with Gasteiger partial charge in [0.2, 0.25) is 15.9 Å². The van der Waals surface area contributed by atoms with E-state index < -0.39 is 21.8 Å². The number of aryl methyl sites for hydroxylation is 2. The second-order valence-corrected chi connectivity index (χ2v) is 9.93. The van der Waals surface area contributed by atoms with E-state index >= 15 is 0 Å². The first-order valence-electron chi connectivity index (χ1n) is 8.98. The fraction of sp³-hybridized carbons (Fsp3) is 0.444. The Morgan fingerprint density at radius 2 is 1.85 bits per heavy atom. The molecule has 0 radical (unpaired) electrons. The highest BCUT2D eigenvalue weighted by Crippen LogP contribution is 2.30. The van der Waals surface area contributed by atoms with Crippen LogP contribution in [0.25, 0.3) is 0 Å². The molecule has 1 N–H and O–H groups in total. The zero-order valence-electron chi connectivity index (χ0n) is 14.7. The van der Waals surface area contributed by atoms with E-state index in [4.69, 9.17) is 0 Å². The average Bonchev–Trinajstić information content (AvgIpc) is 2.81. The molecular formula is C18H20FN3O3S2. The van der Waals surface area contributed by atoms with Gasteiger partial charge in [0.1, 0.15) is 5.82 Å². The van der Waals surface area contributed by atoms with Crippen molar-refractivity contribution in [3.63, 3.8) is 0 Å². The van der Waals surface area contributed by atoms with Crippen LogP contribution in [0.1, 0.15) is 29.8 Å². The molecule has 4 rings (SSSR count). The number of hydrogen-bond donors (Lipinski definition) is 1. The second kappa shape index (κ2) is 7.29. The number of nitrogens with one attached hydrogen (secondary N) is 1. The first-order chi connectivity index (χ1) is 12.9. The molecule has 6 nitrogen and oxygen atoms in total. The fourth-order valence-corrected chi connectivity index (χ4v) is 5.93. The SMILES string of the molecule is O=C(Nc1nc2c(s1)CCCCC2)C1CN(S(=O)(=O)c2ccc(F)cc2)C1. The molecule has 0 spiro atoms. The Bertz CT molecular complexity index is 927. The summed E-state index contributed by atoms with van der Waals surface area (Å²) < 4.78 is 39.2. The third kappa shape index (κ3) is 3.76. The lowest BCUT2D eigenvalue weighted by Crippen LogP contribution is -2.54. The maximum absolute atomic E-state index is 13.0.